The number of aliphatic carboxylic acids is 1. The van der Waals surface area contributed by atoms with Crippen LogP contribution in [0.4, 0.5) is 8.78 Å². The van der Waals surface area contributed by atoms with Crippen molar-refractivity contribution in [3.63, 3.8) is 0 Å². The highest BCUT2D eigenvalue weighted by molar-refractivity contribution is 5.71. The van der Waals surface area contributed by atoms with Crippen LogP contribution in [-0.4, -0.2) is 17.5 Å². The lowest BCUT2D eigenvalue weighted by atomic mass is 9.81. The Morgan fingerprint density at radius 2 is 1.73 bits per heavy atom. The van der Waals surface area contributed by atoms with Gasteiger partial charge in [-0.2, -0.15) is 0 Å². The molecule has 0 aliphatic heterocycles. The van der Waals surface area contributed by atoms with Crippen molar-refractivity contribution in [3.8, 4) is 0 Å². The Bertz CT molecular complexity index is 149. The van der Waals surface area contributed by atoms with E-state index in [1.807, 2.05) is 0 Å². The summed E-state index contributed by atoms with van der Waals surface area (Å²) in [6, 6.07) is 0. The van der Waals surface area contributed by atoms with Crippen molar-refractivity contribution >= 4 is 5.97 Å². The molecule has 0 amide bonds. The summed E-state index contributed by atoms with van der Waals surface area (Å²) in [6.45, 7) is 4.45. The van der Waals surface area contributed by atoms with Crippen LogP contribution in [0.1, 0.15) is 20.8 Å². The van der Waals surface area contributed by atoms with E-state index < -0.39 is 23.7 Å². The monoisotopic (exact) mass is 166 g/mol. The normalized spacial score (nSPS) is 15.1. The van der Waals surface area contributed by atoms with Gasteiger partial charge in [0.25, 0.3) is 6.43 Å². The molecule has 11 heavy (non-hydrogen) atoms. The van der Waals surface area contributed by atoms with Crippen molar-refractivity contribution < 1.29 is 18.7 Å². The summed E-state index contributed by atoms with van der Waals surface area (Å²) in [4.78, 5) is 10.3. The molecular weight excluding hydrogens is 154 g/mol. The van der Waals surface area contributed by atoms with Crippen LogP contribution < -0.4 is 0 Å². The SMILES string of the molecule is CC(C)(C)C(C(=O)O)C(F)F. The molecule has 66 valence electrons. The second-order valence-electron chi connectivity index (χ2n) is 3.52. The molecule has 2 nitrogen and oxygen atoms in total. The highest BCUT2D eigenvalue weighted by Gasteiger charge is 2.38. The number of halogens is 2. The molecular formula is C7H12F2O2. The molecule has 1 N–H and O–H groups in total. The van der Waals surface area contributed by atoms with Crippen molar-refractivity contribution in [2.24, 2.45) is 11.3 Å². The first-order valence-corrected chi connectivity index (χ1v) is 3.27. The van der Waals surface area contributed by atoms with Crippen LogP contribution in [0.5, 0.6) is 0 Å². The second-order valence-corrected chi connectivity index (χ2v) is 3.52. The number of carboxylic acids is 1. The molecule has 1 atom stereocenters. The maximum absolute atomic E-state index is 12.1. The molecule has 0 saturated heterocycles. The first kappa shape index (κ1) is 10.3. The maximum atomic E-state index is 12.1. The number of hydrogen-bond donors (Lipinski definition) is 1. The fourth-order valence-corrected chi connectivity index (χ4v) is 0.856. The zero-order valence-electron chi connectivity index (χ0n) is 6.77. The van der Waals surface area contributed by atoms with Gasteiger partial charge in [0.05, 0.1) is 0 Å². The third-order valence-corrected chi connectivity index (χ3v) is 1.45. The third kappa shape index (κ3) is 2.82. The summed E-state index contributed by atoms with van der Waals surface area (Å²) in [5.41, 5.74) is -0.889. The molecule has 0 aromatic carbocycles. The van der Waals surface area contributed by atoms with Crippen LogP contribution >= 0.6 is 0 Å². The molecule has 0 aromatic rings. The average Bonchev–Trinajstić information content (AvgIpc) is 1.54. The molecule has 0 aromatic heterocycles. The molecule has 4 heteroatoms. The first-order valence-electron chi connectivity index (χ1n) is 3.27. The van der Waals surface area contributed by atoms with Crippen LogP contribution in [0.15, 0.2) is 0 Å². The van der Waals surface area contributed by atoms with Crippen molar-refractivity contribution in [2.45, 2.75) is 27.2 Å². The van der Waals surface area contributed by atoms with Crippen molar-refractivity contribution in [3.05, 3.63) is 0 Å². The molecule has 0 radical (unpaired) electrons. The standard InChI is InChI=1S/C7H12F2O2/c1-7(2,3)4(5(8)9)6(10)11/h4-5H,1-3H3,(H,10,11). The molecule has 0 bridgehead atoms. The van der Waals surface area contributed by atoms with Crippen molar-refractivity contribution in [1.29, 1.82) is 0 Å². The first-order chi connectivity index (χ1) is 4.76. The second kappa shape index (κ2) is 3.15. The summed E-state index contributed by atoms with van der Waals surface area (Å²) in [6.07, 6.45) is -2.80. The fourth-order valence-electron chi connectivity index (χ4n) is 0.856. The summed E-state index contributed by atoms with van der Waals surface area (Å²) in [5.74, 6) is -3.02. The van der Waals surface area contributed by atoms with E-state index in [-0.39, 0.29) is 0 Å². The van der Waals surface area contributed by atoms with Crippen LogP contribution in [0, 0.1) is 11.3 Å². The molecule has 0 heterocycles. The summed E-state index contributed by atoms with van der Waals surface area (Å²) in [5, 5.41) is 8.40. The topological polar surface area (TPSA) is 37.3 Å². The average molecular weight is 166 g/mol. The van der Waals surface area contributed by atoms with Gasteiger partial charge in [0, 0.05) is 0 Å². The predicted molar refractivity (Wildman–Crippen MR) is 36.6 cm³/mol. The van der Waals surface area contributed by atoms with Gasteiger partial charge in [-0.05, 0) is 5.41 Å². The van der Waals surface area contributed by atoms with E-state index in [2.05, 4.69) is 0 Å². The molecule has 0 aliphatic carbocycles. The van der Waals surface area contributed by atoms with E-state index in [0.717, 1.165) is 0 Å². The Hall–Kier alpha value is -0.670. The largest absolute Gasteiger partial charge is 0.481 e. The maximum Gasteiger partial charge on any atom is 0.312 e. The molecule has 0 aliphatic rings. The zero-order valence-corrected chi connectivity index (χ0v) is 6.77. The van der Waals surface area contributed by atoms with Gasteiger partial charge in [-0.15, -0.1) is 0 Å². The van der Waals surface area contributed by atoms with Crippen LogP contribution in [-0.2, 0) is 4.79 Å². The number of hydrogen-bond acceptors (Lipinski definition) is 1. The molecule has 0 rings (SSSR count). The number of rotatable bonds is 2. The van der Waals surface area contributed by atoms with E-state index in [4.69, 9.17) is 5.11 Å². The van der Waals surface area contributed by atoms with Gasteiger partial charge in [0.2, 0.25) is 0 Å². The lowest BCUT2D eigenvalue weighted by Gasteiger charge is -2.25. The molecule has 1 unspecified atom stereocenters. The Labute approximate surface area is 64.2 Å². The van der Waals surface area contributed by atoms with E-state index >= 15 is 0 Å². The smallest absolute Gasteiger partial charge is 0.312 e. The van der Waals surface area contributed by atoms with Gasteiger partial charge < -0.3 is 5.11 Å². The lowest BCUT2D eigenvalue weighted by Crippen LogP contribution is -2.34. The summed E-state index contributed by atoms with van der Waals surface area (Å²) < 4.78 is 24.1. The van der Waals surface area contributed by atoms with Crippen LogP contribution in [0.25, 0.3) is 0 Å². The van der Waals surface area contributed by atoms with Gasteiger partial charge in [0.15, 0.2) is 0 Å². The summed E-state index contributed by atoms with van der Waals surface area (Å²) in [7, 11) is 0. The highest BCUT2D eigenvalue weighted by atomic mass is 19.3. The van der Waals surface area contributed by atoms with Gasteiger partial charge in [0.1, 0.15) is 5.92 Å². The van der Waals surface area contributed by atoms with Crippen LogP contribution in [0.2, 0.25) is 0 Å². The zero-order chi connectivity index (χ0) is 9.23. The number of carbonyl (C=O) groups is 1. The molecule has 0 spiro atoms. The van der Waals surface area contributed by atoms with Crippen LogP contribution in [0.3, 0.4) is 0 Å². The fraction of sp³-hybridized carbons (Fsp3) is 0.857. The van der Waals surface area contributed by atoms with Gasteiger partial charge in [-0.25, -0.2) is 8.78 Å². The molecule has 0 fully saturated rings. The van der Waals surface area contributed by atoms with Gasteiger partial charge in [-0.1, -0.05) is 20.8 Å². The van der Waals surface area contributed by atoms with Crippen molar-refractivity contribution in [2.75, 3.05) is 0 Å². The highest BCUT2D eigenvalue weighted by Crippen LogP contribution is 2.30. The number of carboxylic acid groups (broad SMARTS) is 1. The van der Waals surface area contributed by atoms with E-state index in [9.17, 15) is 13.6 Å². The Morgan fingerprint density at radius 1 is 1.36 bits per heavy atom. The van der Waals surface area contributed by atoms with Gasteiger partial charge >= 0.3 is 5.97 Å². The lowest BCUT2D eigenvalue weighted by molar-refractivity contribution is -0.153. The Balaban J connectivity index is 4.49. The van der Waals surface area contributed by atoms with E-state index in [1.54, 1.807) is 0 Å². The minimum Gasteiger partial charge on any atom is -0.481 e. The Morgan fingerprint density at radius 3 is 1.73 bits per heavy atom. The van der Waals surface area contributed by atoms with Crippen molar-refractivity contribution in [1.82, 2.24) is 0 Å². The van der Waals surface area contributed by atoms with Gasteiger partial charge in [-0.3, -0.25) is 4.79 Å². The summed E-state index contributed by atoms with van der Waals surface area (Å²) >= 11 is 0. The quantitative estimate of drug-likeness (QED) is 0.681. The third-order valence-electron chi connectivity index (χ3n) is 1.45. The minimum absolute atomic E-state index is 0.889. The van der Waals surface area contributed by atoms with E-state index in [1.165, 1.54) is 20.8 Å². The predicted octanol–water partition coefficient (Wildman–Crippen LogP) is 2.00. The molecule has 0 saturated carbocycles. The minimum atomic E-state index is -2.80. The Kier molecular flexibility index (Phi) is 2.96. The van der Waals surface area contributed by atoms with E-state index in [0.29, 0.717) is 0 Å². The number of alkyl halides is 2.